The van der Waals surface area contributed by atoms with Gasteiger partial charge in [-0.15, -0.1) is 10.2 Å². The second-order valence-corrected chi connectivity index (χ2v) is 7.77. The topological polar surface area (TPSA) is 74.6 Å². The van der Waals surface area contributed by atoms with Crippen molar-refractivity contribution < 1.29 is 4.79 Å². The molecule has 2 N–H and O–H groups in total. The summed E-state index contributed by atoms with van der Waals surface area (Å²) < 4.78 is 1.77. The van der Waals surface area contributed by atoms with E-state index in [2.05, 4.69) is 51.4 Å². The first kappa shape index (κ1) is 19.5. The highest BCUT2D eigenvalue weighted by atomic mass is 16.2. The summed E-state index contributed by atoms with van der Waals surface area (Å²) in [6.45, 7) is 0.766. The molecular weight excluding hydrogens is 364 g/mol. The molecule has 4 rings (SSSR count). The van der Waals surface area contributed by atoms with Gasteiger partial charge in [0.05, 0.1) is 5.56 Å². The van der Waals surface area contributed by atoms with Gasteiger partial charge >= 0.3 is 0 Å². The van der Waals surface area contributed by atoms with Crippen LogP contribution in [0.1, 0.15) is 54.1 Å². The first-order valence-corrected chi connectivity index (χ1v) is 10.3. The highest BCUT2D eigenvalue weighted by Crippen LogP contribution is 2.24. The predicted octanol–water partition coefficient (Wildman–Crippen LogP) is 2.97. The number of aromatic nitrogens is 3. The number of nitrogens with one attached hydrogen (secondary N) is 2. The Hall–Kier alpha value is -2.77. The molecule has 1 aromatic carbocycles. The third kappa shape index (κ3) is 4.81. The van der Waals surface area contributed by atoms with Crippen LogP contribution in [-0.2, 0) is 0 Å². The summed E-state index contributed by atoms with van der Waals surface area (Å²) in [4.78, 5) is 14.4. The molecule has 1 amide bonds. The van der Waals surface area contributed by atoms with E-state index in [1.54, 1.807) is 21.8 Å². The molecule has 7 heteroatoms. The second kappa shape index (κ2) is 9.15. The maximum atomic E-state index is 12.6. The van der Waals surface area contributed by atoms with E-state index in [9.17, 15) is 4.79 Å². The van der Waals surface area contributed by atoms with Crippen molar-refractivity contribution in [1.82, 2.24) is 30.3 Å². The van der Waals surface area contributed by atoms with Crippen LogP contribution in [0.5, 0.6) is 0 Å². The minimum absolute atomic E-state index is 0.0352. The van der Waals surface area contributed by atoms with Gasteiger partial charge in [0.25, 0.3) is 5.91 Å². The van der Waals surface area contributed by atoms with Crippen molar-refractivity contribution in [1.29, 1.82) is 0 Å². The summed E-state index contributed by atoms with van der Waals surface area (Å²) in [5.74, 6) is 0.0352. The molecule has 0 aliphatic carbocycles. The molecule has 2 atom stereocenters. The Morgan fingerprint density at radius 2 is 2.00 bits per heavy atom. The van der Waals surface area contributed by atoms with Gasteiger partial charge in [-0.1, -0.05) is 43.2 Å². The normalized spacial score (nSPS) is 18.9. The lowest BCUT2D eigenvalue weighted by atomic mass is 9.99. The van der Waals surface area contributed by atoms with Crippen molar-refractivity contribution in [2.75, 3.05) is 13.6 Å². The number of rotatable bonds is 8. The molecule has 152 valence electrons. The first-order valence-electron chi connectivity index (χ1n) is 10.3. The zero-order valence-electron chi connectivity index (χ0n) is 16.8. The molecule has 3 aromatic rings. The van der Waals surface area contributed by atoms with Crippen molar-refractivity contribution in [3.05, 3.63) is 66.1 Å². The molecule has 2 aromatic heterocycles. The standard InChI is InChI=1S/C22H28N6O/c1-27(22(29)18-11-12-21-26-23-16-28(21)15-18)13-7-3-6-10-19-14-20(25-24-19)17-8-4-2-5-9-17/h2,4-5,8-9,11-12,15-16,19-20,24-25H,3,6-7,10,13-14H2,1H3. The lowest BCUT2D eigenvalue weighted by Gasteiger charge is -2.17. The maximum absolute atomic E-state index is 12.6. The highest BCUT2D eigenvalue weighted by molar-refractivity contribution is 5.94. The first-order chi connectivity index (χ1) is 14.2. The fourth-order valence-electron chi connectivity index (χ4n) is 3.91. The summed E-state index contributed by atoms with van der Waals surface area (Å²) in [6, 6.07) is 15.1. The summed E-state index contributed by atoms with van der Waals surface area (Å²) in [7, 11) is 1.87. The van der Waals surface area contributed by atoms with E-state index in [0.717, 1.165) is 44.3 Å². The highest BCUT2D eigenvalue weighted by Gasteiger charge is 2.24. The van der Waals surface area contributed by atoms with Gasteiger partial charge < -0.3 is 4.90 Å². The van der Waals surface area contributed by atoms with E-state index in [4.69, 9.17) is 0 Å². The molecule has 1 fully saturated rings. The molecule has 2 unspecified atom stereocenters. The van der Waals surface area contributed by atoms with Gasteiger partial charge in [-0.25, -0.2) is 0 Å². The Kier molecular flexibility index (Phi) is 6.17. The smallest absolute Gasteiger partial charge is 0.255 e. The van der Waals surface area contributed by atoms with Gasteiger partial charge in [-0.2, -0.15) is 0 Å². The third-order valence-corrected chi connectivity index (χ3v) is 5.61. The molecule has 3 heterocycles. The molecule has 0 spiro atoms. The number of benzene rings is 1. The molecule has 1 aliphatic rings. The Morgan fingerprint density at radius 1 is 1.14 bits per heavy atom. The van der Waals surface area contributed by atoms with Crippen molar-refractivity contribution in [3.63, 3.8) is 0 Å². The second-order valence-electron chi connectivity index (χ2n) is 7.77. The molecule has 7 nitrogen and oxygen atoms in total. The number of hydrogen-bond acceptors (Lipinski definition) is 5. The van der Waals surface area contributed by atoms with Crippen LogP contribution in [-0.4, -0.2) is 45.0 Å². The van der Waals surface area contributed by atoms with Gasteiger partial charge in [0.1, 0.15) is 6.33 Å². The zero-order chi connectivity index (χ0) is 20.1. The minimum Gasteiger partial charge on any atom is -0.342 e. The number of nitrogens with zero attached hydrogens (tertiary/aromatic N) is 4. The van der Waals surface area contributed by atoms with E-state index in [-0.39, 0.29) is 5.91 Å². The molecule has 1 aliphatic heterocycles. The summed E-state index contributed by atoms with van der Waals surface area (Å²) >= 11 is 0. The molecule has 1 saturated heterocycles. The van der Waals surface area contributed by atoms with Crippen LogP contribution in [0.3, 0.4) is 0 Å². The molecule has 29 heavy (non-hydrogen) atoms. The molecule has 0 saturated carbocycles. The number of carbonyl (C=O) groups is 1. The van der Waals surface area contributed by atoms with Crippen molar-refractivity contribution in [2.45, 2.75) is 44.2 Å². The Balaban J connectivity index is 1.15. The van der Waals surface area contributed by atoms with Gasteiger partial charge in [0.2, 0.25) is 0 Å². The van der Waals surface area contributed by atoms with Crippen LogP contribution in [0, 0.1) is 0 Å². The third-order valence-electron chi connectivity index (χ3n) is 5.61. The largest absolute Gasteiger partial charge is 0.342 e. The number of amides is 1. The van der Waals surface area contributed by atoms with Gasteiger partial charge in [0, 0.05) is 31.9 Å². The monoisotopic (exact) mass is 392 g/mol. The number of pyridine rings is 1. The number of hydrogen-bond donors (Lipinski definition) is 2. The van der Waals surface area contributed by atoms with Crippen LogP contribution in [0.25, 0.3) is 5.65 Å². The lowest BCUT2D eigenvalue weighted by Crippen LogP contribution is -2.30. The fraction of sp³-hybridized carbons (Fsp3) is 0.409. The lowest BCUT2D eigenvalue weighted by molar-refractivity contribution is 0.0792. The Morgan fingerprint density at radius 3 is 2.86 bits per heavy atom. The maximum Gasteiger partial charge on any atom is 0.255 e. The predicted molar refractivity (Wildman–Crippen MR) is 112 cm³/mol. The number of unbranched alkanes of at least 4 members (excludes halogenated alkanes) is 2. The van der Waals surface area contributed by atoms with Crippen LogP contribution >= 0.6 is 0 Å². The average molecular weight is 393 g/mol. The summed E-state index contributed by atoms with van der Waals surface area (Å²) in [5, 5.41) is 7.82. The van der Waals surface area contributed by atoms with E-state index in [1.165, 1.54) is 5.56 Å². The van der Waals surface area contributed by atoms with Gasteiger partial charge in [0.15, 0.2) is 5.65 Å². The van der Waals surface area contributed by atoms with Crippen LogP contribution in [0.2, 0.25) is 0 Å². The number of fused-ring (bicyclic) bond motifs is 1. The van der Waals surface area contributed by atoms with Gasteiger partial charge in [-0.05, 0) is 37.0 Å². The van der Waals surface area contributed by atoms with E-state index in [1.807, 2.05) is 19.2 Å². The minimum atomic E-state index is 0.0352. The van der Waals surface area contributed by atoms with E-state index in [0.29, 0.717) is 17.6 Å². The van der Waals surface area contributed by atoms with Crippen LogP contribution in [0.4, 0.5) is 0 Å². The van der Waals surface area contributed by atoms with Gasteiger partial charge in [-0.3, -0.25) is 20.0 Å². The van der Waals surface area contributed by atoms with Crippen molar-refractivity contribution >= 4 is 11.6 Å². The van der Waals surface area contributed by atoms with Crippen molar-refractivity contribution in [2.24, 2.45) is 0 Å². The quantitative estimate of drug-likeness (QED) is 0.577. The van der Waals surface area contributed by atoms with Crippen LogP contribution in [0.15, 0.2) is 55.0 Å². The number of carbonyl (C=O) groups excluding carboxylic acids is 1. The van der Waals surface area contributed by atoms with E-state index >= 15 is 0 Å². The Bertz CT molecular complexity index is 941. The molecule has 0 bridgehead atoms. The zero-order valence-corrected chi connectivity index (χ0v) is 16.8. The fourth-order valence-corrected chi connectivity index (χ4v) is 3.91. The number of hydrazine groups is 1. The SMILES string of the molecule is CN(CCCCCC1CC(c2ccccc2)NN1)C(=O)c1ccc2nncn2c1. The average Bonchev–Trinajstić information content (AvgIpc) is 3.42. The van der Waals surface area contributed by atoms with E-state index < -0.39 is 0 Å². The molecular formula is C22H28N6O. The molecule has 0 radical (unpaired) electrons. The van der Waals surface area contributed by atoms with Crippen molar-refractivity contribution in [3.8, 4) is 0 Å². The summed E-state index contributed by atoms with van der Waals surface area (Å²) in [6.07, 6.45) is 8.97. The Labute approximate surface area is 171 Å². The van der Waals surface area contributed by atoms with Crippen LogP contribution < -0.4 is 10.9 Å². The summed E-state index contributed by atoms with van der Waals surface area (Å²) in [5.41, 5.74) is 9.59.